The van der Waals surface area contributed by atoms with Crippen LogP contribution in [-0.4, -0.2) is 51.7 Å². The van der Waals surface area contributed by atoms with Crippen molar-refractivity contribution in [2.24, 2.45) is 16.9 Å². The molecule has 0 aromatic heterocycles. The van der Waals surface area contributed by atoms with E-state index in [-0.39, 0.29) is 13.2 Å². The molecule has 0 atom stereocenters. The van der Waals surface area contributed by atoms with Crippen molar-refractivity contribution in [3.63, 3.8) is 0 Å². The van der Waals surface area contributed by atoms with Gasteiger partial charge in [0.2, 0.25) is 0 Å². The van der Waals surface area contributed by atoms with Gasteiger partial charge in [-0.2, -0.15) is 0 Å². The molecule has 8 heteroatoms. The predicted molar refractivity (Wildman–Crippen MR) is 77.8 cm³/mol. The fourth-order valence-electron chi connectivity index (χ4n) is 1.80. The maximum absolute atomic E-state index is 10.5. The molecule has 0 aromatic carbocycles. The smallest absolute Gasteiger partial charge is 0.404 e. The monoisotopic (exact) mass is 305 g/mol. The van der Waals surface area contributed by atoms with E-state index in [1.165, 1.54) is 0 Å². The third-order valence-corrected chi connectivity index (χ3v) is 2.83. The average Bonchev–Trinajstić information content (AvgIpc) is 2.46. The Morgan fingerprint density at radius 1 is 1.14 bits per heavy atom. The van der Waals surface area contributed by atoms with Crippen molar-refractivity contribution in [3.8, 4) is 0 Å². The Kier molecular flexibility index (Phi) is 10.3. The molecule has 2 amide bonds. The summed E-state index contributed by atoms with van der Waals surface area (Å²) < 4.78 is 14.4. The van der Waals surface area contributed by atoms with Gasteiger partial charge >= 0.3 is 12.2 Å². The molecule has 1 fully saturated rings. The number of amides is 2. The summed E-state index contributed by atoms with van der Waals surface area (Å²) in [6.07, 6.45) is -0.0540. The molecule has 1 aliphatic heterocycles. The number of carbonyl (C=O) groups excluding carboxylic acids is 2. The molecule has 21 heavy (non-hydrogen) atoms. The lowest BCUT2D eigenvalue weighted by atomic mass is 9.87. The quantitative estimate of drug-likeness (QED) is 0.659. The highest BCUT2D eigenvalue weighted by Crippen LogP contribution is 2.24. The number of carbonyl (C=O) groups is 2. The fourth-order valence-corrected chi connectivity index (χ4v) is 1.80. The van der Waals surface area contributed by atoms with Gasteiger partial charge in [-0.25, -0.2) is 9.59 Å². The van der Waals surface area contributed by atoms with Crippen molar-refractivity contribution in [2.75, 3.05) is 39.5 Å². The van der Waals surface area contributed by atoms with Crippen LogP contribution in [0.2, 0.25) is 0 Å². The summed E-state index contributed by atoms with van der Waals surface area (Å²) in [6, 6.07) is 0. The molecule has 0 aliphatic carbocycles. The molecule has 0 unspecified atom stereocenters. The van der Waals surface area contributed by atoms with Crippen LogP contribution in [0.1, 0.15) is 26.7 Å². The maximum atomic E-state index is 10.5. The summed E-state index contributed by atoms with van der Waals surface area (Å²) in [4.78, 5) is 20.9. The third kappa shape index (κ3) is 11.9. The minimum absolute atomic E-state index is 0.115. The summed E-state index contributed by atoms with van der Waals surface area (Å²) in [5.74, 6) is 0. The topological polar surface area (TPSA) is 126 Å². The van der Waals surface area contributed by atoms with E-state index < -0.39 is 17.6 Å². The van der Waals surface area contributed by atoms with E-state index in [4.69, 9.17) is 25.7 Å². The third-order valence-electron chi connectivity index (χ3n) is 2.83. The Morgan fingerprint density at radius 2 is 1.62 bits per heavy atom. The van der Waals surface area contributed by atoms with Crippen LogP contribution in [0.4, 0.5) is 9.59 Å². The summed E-state index contributed by atoms with van der Waals surface area (Å²) >= 11 is 0. The average molecular weight is 305 g/mol. The highest BCUT2D eigenvalue weighted by atomic mass is 16.6. The van der Waals surface area contributed by atoms with Gasteiger partial charge in [0.1, 0.15) is 13.2 Å². The van der Waals surface area contributed by atoms with E-state index in [2.05, 4.69) is 5.32 Å². The highest BCUT2D eigenvalue weighted by molar-refractivity contribution is 5.65. The van der Waals surface area contributed by atoms with Crippen molar-refractivity contribution in [1.29, 1.82) is 0 Å². The van der Waals surface area contributed by atoms with Gasteiger partial charge in [0, 0.05) is 18.5 Å². The van der Waals surface area contributed by atoms with Gasteiger partial charge in [-0.15, -0.1) is 0 Å². The Hall–Kier alpha value is -1.54. The standard InChI is InChI=1S/C9H18N2O4.C4H9NO/c1-3-4-9(2,5-14-7(10)12)6-15-8(11)13;1-3-6-4-2-5-1/h3-6H2,1-2H3,(H2,10,12)(H2,11,13);5H,1-4H2. The molecule has 5 N–H and O–H groups in total. The predicted octanol–water partition coefficient (Wildman–Crippen LogP) is 0.590. The molecule has 1 rings (SSSR count). The van der Waals surface area contributed by atoms with E-state index >= 15 is 0 Å². The van der Waals surface area contributed by atoms with Gasteiger partial charge < -0.3 is 31.0 Å². The van der Waals surface area contributed by atoms with Crippen molar-refractivity contribution in [3.05, 3.63) is 0 Å². The first kappa shape index (κ1) is 19.5. The highest BCUT2D eigenvalue weighted by Gasteiger charge is 2.26. The van der Waals surface area contributed by atoms with Crippen LogP contribution in [0, 0.1) is 5.41 Å². The molecule has 1 saturated heterocycles. The maximum Gasteiger partial charge on any atom is 0.404 e. The Labute approximate surface area is 125 Å². The normalized spacial score (nSPS) is 14.6. The largest absolute Gasteiger partial charge is 0.449 e. The first-order chi connectivity index (χ1) is 9.89. The molecule has 0 radical (unpaired) electrons. The Balaban J connectivity index is 0.000000547. The van der Waals surface area contributed by atoms with Crippen molar-refractivity contribution >= 4 is 12.2 Å². The van der Waals surface area contributed by atoms with E-state index in [1.54, 1.807) is 0 Å². The van der Waals surface area contributed by atoms with Gasteiger partial charge in [-0.05, 0) is 6.42 Å². The van der Waals surface area contributed by atoms with Crippen LogP contribution < -0.4 is 16.8 Å². The zero-order valence-corrected chi connectivity index (χ0v) is 12.9. The fraction of sp³-hybridized carbons (Fsp3) is 0.846. The lowest BCUT2D eigenvalue weighted by Gasteiger charge is -2.27. The second kappa shape index (κ2) is 11.2. The second-order valence-corrected chi connectivity index (χ2v) is 5.14. The molecule has 0 bridgehead atoms. The Bertz CT molecular complexity index is 279. The summed E-state index contributed by atoms with van der Waals surface area (Å²) in [5.41, 5.74) is 9.28. The Morgan fingerprint density at radius 3 is 1.86 bits per heavy atom. The lowest BCUT2D eigenvalue weighted by molar-refractivity contribution is 0.0367. The molecule has 0 spiro atoms. The number of rotatable bonds is 6. The lowest BCUT2D eigenvalue weighted by Crippen LogP contribution is -2.33. The van der Waals surface area contributed by atoms with E-state index in [1.807, 2.05) is 13.8 Å². The van der Waals surface area contributed by atoms with Crippen LogP contribution in [0.3, 0.4) is 0 Å². The number of ether oxygens (including phenoxy) is 3. The molecule has 124 valence electrons. The molecule has 8 nitrogen and oxygen atoms in total. The minimum atomic E-state index is -0.837. The SMILES string of the molecule is C1COCCN1.CCCC(C)(COC(N)=O)COC(N)=O. The van der Waals surface area contributed by atoms with E-state index in [9.17, 15) is 9.59 Å². The molecule has 1 heterocycles. The minimum Gasteiger partial charge on any atom is -0.449 e. The number of primary amides is 2. The first-order valence-corrected chi connectivity index (χ1v) is 7.02. The molecule has 0 saturated carbocycles. The number of morpholine rings is 1. The van der Waals surface area contributed by atoms with Crippen LogP contribution in [-0.2, 0) is 14.2 Å². The van der Waals surface area contributed by atoms with Gasteiger partial charge in [0.05, 0.1) is 13.2 Å². The van der Waals surface area contributed by atoms with Crippen molar-refractivity contribution in [1.82, 2.24) is 5.32 Å². The molecular formula is C13H27N3O5. The first-order valence-electron chi connectivity index (χ1n) is 7.02. The van der Waals surface area contributed by atoms with Crippen LogP contribution >= 0.6 is 0 Å². The zero-order valence-electron chi connectivity index (χ0n) is 12.9. The molecule has 1 aliphatic rings. The van der Waals surface area contributed by atoms with Crippen molar-refractivity contribution in [2.45, 2.75) is 26.7 Å². The van der Waals surface area contributed by atoms with Gasteiger partial charge in [-0.1, -0.05) is 20.3 Å². The number of nitrogens with two attached hydrogens (primary N) is 2. The summed E-state index contributed by atoms with van der Waals surface area (Å²) in [7, 11) is 0. The summed E-state index contributed by atoms with van der Waals surface area (Å²) in [6.45, 7) is 7.88. The number of hydrogen-bond acceptors (Lipinski definition) is 6. The van der Waals surface area contributed by atoms with Crippen LogP contribution in [0.15, 0.2) is 0 Å². The van der Waals surface area contributed by atoms with Crippen LogP contribution in [0.5, 0.6) is 0 Å². The number of hydrogen-bond donors (Lipinski definition) is 3. The van der Waals surface area contributed by atoms with Gasteiger partial charge in [0.15, 0.2) is 0 Å². The molecular weight excluding hydrogens is 278 g/mol. The van der Waals surface area contributed by atoms with Crippen molar-refractivity contribution < 1.29 is 23.8 Å². The summed E-state index contributed by atoms with van der Waals surface area (Å²) in [5, 5.41) is 3.16. The van der Waals surface area contributed by atoms with Gasteiger partial charge in [-0.3, -0.25) is 0 Å². The van der Waals surface area contributed by atoms with E-state index in [0.29, 0.717) is 0 Å². The zero-order chi connectivity index (χ0) is 16.1. The number of nitrogens with one attached hydrogen (secondary N) is 1. The molecule has 0 aromatic rings. The van der Waals surface area contributed by atoms with E-state index in [0.717, 1.165) is 39.1 Å². The second-order valence-electron chi connectivity index (χ2n) is 5.14. The van der Waals surface area contributed by atoms with Crippen LogP contribution in [0.25, 0.3) is 0 Å². The van der Waals surface area contributed by atoms with Gasteiger partial charge in [0.25, 0.3) is 0 Å².